The van der Waals surface area contributed by atoms with Gasteiger partial charge in [0.2, 0.25) is 0 Å². The van der Waals surface area contributed by atoms with Gasteiger partial charge in [-0.2, -0.15) is 13.2 Å². The number of benzene rings is 1. The zero-order valence-corrected chi connectivity index (χ0v) is 18.1. The molecule has 1 aliphatic heterocycles. The van der Waals surface area contributed by atoms with Crippen molar-refractivity contribution in [3.05, 3.63) is 82.1 Å². The van der Waals surface area contributed by atoms with E-state index in [9.17, 15) is 22.0 Å². The van der Waals surface area contributed by atoms with Gasteiger partial charge in [-0.05, 0) is 69.7 Å². The fourth-order valence-electron chi connectivity index (χ4n) is 3.45. The lowest BCUT2D eigenvalue weighted by Gasteiger charge is -2.12. The molecule has 6 heteroatoms. The van der Waals surface area contributed by atoms with E-state index in [0.29, 0.717) is 12.1 Å². The van der Waals surface area contributed by atoms with E-state index in [1.165, 1.54) is 25.1 Å². The Labute approximate surface area is 180 Å². The van der Waals surface area contributed by atoms with Gasteiger partial charge in [0.15, 0.2) is 0 Å². The Kier molecular flexibility index (Phi) is 8.96. The third-order valence-corrected chi connectivity index (χ3v) is 5.08. The van der Waals surface area contributed by atoms with Gasteiger partial charge in [0.1, 0.15) is 11.6 Å². The standard InChI is InChI=1S/C18H21F4N.C7H7F/c1-3-7-13(18(20,21)22)11-14(15(19)4-2)17-10-12-8-5-6-9-16(12)23-17;1-6-2-4-7(8)5-3-6/h4,7,11H,3,5-6,8-10H2,1-2H3;2-5H,1H3/b13-7-,14-11+,15-4+;. The maximum atomic E-state index is 14.2. The van der Waals surface area contributed by atoms with Crippen molar-refractivity contribution in [2.75, 3.05) is 0 Å². The molecule has 3 rings (SSSR count). The van der Waals surface area contributed by atoms with Crippen molar-refractivity contribution in [1.29, 1.82) is 0 Å². The average Bonchev–Trinajstić information content (AvgIpc) is 3.16. The summed E-state index contributed by atoms with van der Waals surface area (Å²) in [5, 5.41) is 0. The maximum Gasteiger partial charge on any atom is 0.416 e. The molecule has 0 radical (unpaired) electrons. The van der Waals surface area contributed by atoms with Crippen LogP contribution in [0.1, 0.15) is 57.9 Å². The van der Waals surface area contributed by atoms with E-state index in [1.54, 1.807) is 19.1 Å². The maximum absolute atomic E-state index is 14.2. The van der Waals surface area contributed by atoms with Crippen LogP contribution in [0, 0.1) is 12.7 Å². The number of nitrogens with zero attached hydrogens (tertiary/aromatic N) is 1. The summed E-state index contributed by atoms with van der Waals surface area (Å²) >= 11 is 0. The van der Waals surface area contributed by atoms with Crippen LogP contribution in [0.4, 0.5) is 22.0 Å². The van der Waals surface area contributed by atoms with Crippen molar-refractivity contribution in [2.24, 2.45) is 4.99 Å². The third kappa shape index (κ3) is 7.30. The molecule has 0 saturated heterocycles. The second kappa shape index (κ2) is 11.2. The van der Waals surface area contributed by atoms with Crippen molar-refractivity contribution in [3.63, 3.8) is 0 Å². The first-order valence-corrected chi connectivity index (χ1v) is 10.5. The Hall–Kier alpha value is -2.50. The van der Waals surface area contributed by atoms with Gasteiger partial charge in [0.25, 0.3) is 0 Å². The molecule has 1 nitrogen and oxygen atoms in total. The summed E-state index contributed by atoms with van der Waals surface area (Å²) in [5.41, 5.74) is 2.73. The van der Waals surface area contributed by atoms with Gasteiger partial charge in [0.05, 0.1) is 11.3 Å². The molecule has 0 unspecified atom stereocenters. The molecule has 1 aliphatic carbocycles. The molecular formula is C25H28F5N. The predicted octanol–water partition coefficient (Wildman–Crippen LogP) is 8.49. The zero-order chi connectivity index (χ0) is 23.0. The summed E-state index contributed by atoms with van der Waals surface area (Å²) in [6, 6.07) is 6.40. The monoisotopic (exact) mass is 437 g/mol. The van der Waals surface area contributed by atoms with E-state index in [0.717, 1.165) is 54.7 Å². The lowest BCUT2D eigenvalue weighted by atomic mass is 9.93. The number of alkyl halides is 3. The van der Waals surface area contributed by atoms with Crippen molar-refractivity contribution in [1.82, 2.24) is 0 Å². The summed E-state index contributed by atoms with van der Waals surface area (Å²) in [5.74, 6) is -0.828. The highest BCUT2D eigenvalue weighted by Crippen LogP contribution is 2.37. The van der Waals surface area contributed by atoms with Crippen LogP contribution >= 0.6 is 0 Å². The normalized spacial score (nSPS) is 17.8. The minimum Gasteiger partial charge on any atom is -0.257 e. The molecule has 0 atom stereocenters. The number of aliphatic imine (C=N–C) groups is 1. The topological polar surface area (TPSA) is 12.4 Å². The smallest absolute Gasteiger partial charge is 0.257 e. The van der Waals surface area contributed by atoms with E-state index in [2.05, 4.69) is 4.99 Å². The summed E-state index contributed by atoms with van der Waals surface area (Å²) < 4.78 is 65.6. The van der Waals surface area contributed by atoms with Crippen molar-refractivity contribution < 1.29 is 22.0 Å². The molecular weight excluding hydrogens is 409 g/mol. The predicted molar refractivity (Wildman–Crippen MR) is 116 cm³/mol. The lowest BCUT2D eigenvalue weighted by Crippen LogP contribution is -2.12. The van der Waals surface area contributed by atoms with Gasteiger partial charge in [0, 0.05) is 17.7 Å². The molecule has 1 aromatic rings. The van der Waals surface area contributed by atoms with Gasteiger partial charge >= 0.3 is 6.18 Å². The highest BCUT2D eigenvalue weighted by atomic mass is 19.4. The van der Waals surface area contributed by atoms with Gasteiger partial charge in [-0.25, -0.2) is 8.78 Å². The lowest BCUT2D eigenvalue weighted by molar-refractivity contribution is -0.0884. The number of halogens is 5. The second-order valence-corrected chi connectivity index (χ2v) is 7.55. The minimum atomic E-state index is -4.50. The van der Waals surface area contributed by atoms with E-state index in [-0.39, 0.29) is 17.8 Å². The van der Waals surface area contributed by atoms with E-state index < -0.39 is 17.6 Å². The van der Waals surface area contributed by atoms with Crippen LogP contribution in [0.25, 0.3) is 0 Å². The summed E-state index contributed by atoms with van der Waals surface area (Å²) in [6.07, 6.45) is 3.19. The SMILES string of the molecule is C\C=C(F)/C(=C\C(=C\CC)C(F)(F)F)C1=NC2=C(CCCC2)C1.Cc1ccc(F)cc1. The largest absolute Gasteiger partial charge is 0.416 e. The first-order valence-electron chi connectivity index (χ1n) is 10.5. The Balaban J connectivity index is 0.000000357. The van der Waals surface area contributed by atoms with Gasteiger partial charge in [-0.3, -0.25) is 4.99 Å². The third-order valence-electron chi connectivity index (χ3n) is 5.08. The number of hydrogen-bond donors (Lipinski definition) is 0. The Morgan fingerprint density at radius 2 is 1.74 bits per heavy atom. The minimum absolute atomic E-state index is 0.0427. The first kappa shape index (κ1) is 24.8. The Morgan fingerprint density at radius 3 is 2.26 bits per heavy atom. The van der Waals surface area contributed by atoms with E-state index in [4.69, 9.17) is 0 Å². The molecule has 0 spiro atoms. The summed E-state index contributed by atoms with van der Waals surface area (Å²) in [4.78, 5) is 4.43. The number of aryl methyl sites for hydroxylation is 1. The quantitative estimate of drug-likeness (QED) is 0.331. The van der Waals surface area contributed by atoms with Crippen LogP contribution < -0.4 is 0 Å². The molecule has 0 fully saturated rings. The molecule has 0 N–H and O–H groups in total. The highest BCUT2D eigenvalue weighted by Gasteiger charge is 2.33. The molecule has 0 aromatic heterocycles. The molecule has 31 heavy (non-hydrogen) atoms. The van der Waals surface area contributed by atoms with Crippen LogP contribution in [0.3, 0.4) is 0 Å². The van der Waals surface area contributed by atoms with Crippen LogP contribution in [0.15, 0.2) is 75.7 Å². The number of allylic oxidation sites excluding steroid dienone is 8. The zero-order valence-electron chi connectivity index (χ0n) is 18.1. The van der Waals surface area contributed by atoms with Gasteiger partial charge in [-0.15, -0.1) is 0 Å². The average molecular weight is 437 g/mol. The first-order chi connectivity index (χ1) is 14.7. The molecule has 0 saturated carbocycles. The van der Waals surface area contributed by atoms with Gasteiger partial charge < -0.3 is 0 Å². The number of hydrogen-bond acceptors (Lipinski definition) is 1. The number of rotatable bonds is 4. The van der Waals surface area contributed by atoms with E-state index in [1.807, 2.05) is 6.92 Å². The van der Waals surface area contributed by atoms with Crippen LogP contribution in [-0.4, -0.2) is 11.9 Å². The molecule has 168 valence electrons. The molecule has 1 aromatic carbocycles. The van der Waals surface area contributed by atoms with Crippen molar-refractivity contribution in [3.8, 4) is 0 Å². The molecule has 0 amide bonds. The summed E-state index contributed by atoms with van der Waals surface area (Å²) in [6.45, 7) is 5.03. The van der Waals surface area contributed by atoms with Crippen LogP contribution in [-0.2, 0) is 0 Å². The molecule has 2 aliphatic rings. The highest BCUT2D eigenvalue weighted by molar-refractivity contribution is 6.07. The fourth-order valence-corrected chi connectivity index (χ4v) is 3.45. The van der Waals surface area contributed by atoms with Crippen molar-refractivity contribution >= 4 is 5.71 Å². The van der Waals surface area contributed by atoms with E-state index >= 15 is 0 Å². The molecule has 0 bridgehead atoms. The molecule has 1 heterocycles. The Bertz CT molecular complexity index is 891. The van der Waals surface area contributed by atoms with Gasteiger partial charge in [-0.1, -0.05) is 36.8 Å². The Morgan fingerprint density at radius 1 is 1.10 bits per heavy atom. The fraction of sp³-hybridized carbons (Fsp3) is 0.400. The van der Waals surface area contributed by atoms with Crippen LogP contribution in [0.5, 0.6) is 0 Å². The second-order valence-electron chi connectivity index (χ2n) is 7.55. The summed E-state index contributed by atoms with van der Waals surface area (Å²) in [7, 11) is 0. The van der Waals surface area contributed by atoms with Crippen LogP contribution in [0.2, 0.25) is 0 Å². The van der Waals surface area contributed by atoms with Crippen molar-refractivity contribution in [2.45, 2.75) is 65.5 Å².